The Morgan fingerprint density at radius 3 is 2.65 bits per heavy atom. The Hall–Kier alpha value is -2.18. The summed E-state index contributed by atoms with van der Waals surface area (Å²) in [4.78, 5) is 0. The lowest BCUT2D eigenvalue weighted by Gasteiger charge is -2.10. The highest BCUT2D eigenvalue weighted by atomic mass is 35.5. The molecular weight excluding hydrogens is 274 g/mol. The molecule has 2 aromatic rings. The van der Waals surface area contributed by atoms with E-state index in [1.807, 2.05) is 25.1 Å². The van der Waals surface area contributed by atoms with E-state index < -0.39 is 0 Å². The van der Waals surface area contributed by atoms with Crippen LogP contribution in [-0.2, 0) is 6.61 Å². The van der Waals surface area contributed by atoms with E-state index in [0.29, 0.717) is 22.9 Å². The number of hydrogen-bond acceptors (Lipinski definition) is 3. The molecule has 0 bridgehead atoms. The second kappa shape index (κ2) is 6.31. The molecule has 2 rings (SSSR count). The van der Waals surface area contributed by atoms with Crippen molar-refractivity contribution in [1.29, 1.82) is 5.26 Å². The number of rotatable bonds is 4. The van der Waals surface area contributed by atoms with E-state index in [0.717, 1.165) is 16.9 Å². The Bertz CT molecular complexity index is 662. The molecule has 20 heavy (non-hydrogen) atoms. The van der Waals surface area contributed by atoms with Crippen molar-refractivity contribution in [3.63, 3.8) is 0 Å². The summed E-state index contributed by atoms with van der Waals surface area (Å²) in [6.07, 6.45) is 0. The molecule has 0 aromatic heterocycles. The van der Waals surface area contributed by atoms with Crippen LogP contribution < -0.4 is 9.47 Å². The molecular formula is C16H14ClNO2. The van der Waals surface area contributed by atoms with Crippen LogP contribution in [0.3, 0.4) is 0 Å². The Morgan fingerprint density at radius 2 is 1.95 bits per heavy atom. The van der Waals surface area contributed by atoms with Gasteiger partial charge in [0.25, 0.3) is 0 Å². The van der Waals surface area contributed by atoms with Crippen LogP contribution in [-0.4, -0.2) is 7.11 Å². The summed E-state index contributed by atoms with van der Waals surface area (Å²) < 4.78 is 10.9. The minimum absolute atomic E-state index is 0.375. The third-order valence-corrected chi connectivity index (χ3v) is 3.16. The highest BCUT2D eigenvalue weighted by molar-refractivity contribution is 6.30. The predicted octanol–water partition coefficient (Wildman–Crippen LogP) is 4.11. The SMILES string of the molecule is COc1ccc(COc2cc(Cl)ccc2C)cc1C#N. The fourth-order valence-corrected chi connectivity index (χ4v) is 1.98. The Kier molecular flexibility index (Phi) is 4.49. The van der Waals surface area contributed by atoms with Crippen molar-refractivity contribution >= 4 is 11.6 Å². The molecule has 0 radical (unpaired) electrons. The molecule has 0 atom stereocenters. The van der Waals surface area contributed by atoms with Gasteiger partial charge in [0.05, 0.1) is 12.7 Å². The molecule has 0 N–H and O–H groups in total. The number of ether oxygens (including phenoxy) is 2. The number of benzene rings is 2. The van der Waals surface area contributed by atoms with Gasteiger partial charge < -0.3 is 9.47 Å². The molecule has 0 heterocycles. The maximum Gasteiger partial charge on any atom is 0.136 e. The van der Waals surface area contributed by atoms with E-state index in [2.05, 4.69) is 6.07 Å². The monoisotopic (exact) mass is 287 g/mol. The average Bonchev–Trinajstić information content (AvgIpc) is 2.47. The summed E-state index contributed by atoms with van der Waals surface area (Å²) in [5, 5.41) is 9.69. The van der Waals surface area contributed by atoms with E-state index in [9.17, 15) is 0 Å². The summed E-state index contributed by atoms with van der Waals surface area (Å²) in [5.41, 5.74) is 2.42. The van der Waals surface area contributed by atoms with E-state index in [4.69, 9.17) is 26.3 Å². The van der Waals surface area contributed by atoms with Crippen molar-refractivity contribution in [3.8, 4) is 17.6 Å². The van der Waals surface area contributed by atoms with Gasteiger partial charge in [-0.15, -0.1) is 0 Å². The van der Waals surface area contributed by atoms with Crippen LogP contribution in [0.15, 0.2) is 36.4 Å². The maximum atomic E-state index is 9.05. The van der Waals surface area contributed by atoms with Gasteiger partial charge in [0, 0.05) is 5.02 Å². The van der Waals surface area contributed by atoms with Gasteiger partial charge >= 0.3 is 0 Å². The van der Waals surface area contributed by atoms with Gasteiger partial charge in [0.15, 0.2) is 0 Å². The van der Waals surface area contributed by atoms with Gasteiger partial charge in [-0.1, -0.05) is 23.7 Å². The molecule has 0 saturated heterocycles. The molecule has 0 aliphatic carbocycles. The molecule has 2 aromatic carbocycles. The molecule has 0 unspecified atom stereocenters. The standard InChI is InChI=1S/C16H14ClNO2/c1-11-3-5-14(17)8-16(11)20-10-12-4-6-15(19-2)13(7-12)9-18/h3-8H,10H2,1-2H3. The minimum atomic E-state index is 0.375. The van der Waals surface area contributed by atoms with Crippen LogP contribution in [0.2, 0.25) is 5.02 Å². The smallest absolute Gasteiger partial charge is 0.136 e. The third kappa shape index (κ3) is 3.23. The van der Waals surface area contributed by atoms with Gasteiger partial charge in [-0.2, -0.15) is 5.26 Å². The highest BCUT2D eigenvalue weighted by Crippen LogP contribution is 2.24. The first-order valence-electron chi connectivity index (χ1n) is 6.10. The van der Waals surface area contributed by atoms with E-state index in [1.54, 1.807) is 25.3 Å². The van der Waals surface area contributed by atoms with Crippen LogP contribution in [0.25, 0.3) is 0 Å². The van der Waals surface area contributed by atoms with Crippen molar-refractivity contribution in [2.24, 2.45) is 0 Å². The number of aryl methyl sites for hydroxylation is 1. The number of hydrogen-bond donors (Lipinski definition) is 0. The zero-order chi connectivity index (χ0) is 14.5. The summed E-state index contributed by atoms with van der Waals surface area (Å²) in [6, 6.07) is 13.0. The Labute approximate surface area is 123 Å². The van der Waals surface area contributed by atoms with Crippen molar-refractivity contribution < 1.29 is 9.47 Å². The van der Waals surface area contributed by atoms with Gasteiger partial charge in [-0.05, 0) is 42.3 Å². The van der Waals surface area contributed by atoms with Crippen LogP contribution >= 0.6 is 11.6 Å². The lowest BCUT2D eigenvalue weighted by atomic mass is 10.1. The Morgan fingerprint density at radius 1 is 1.15 bits per heavy atom. The first kappa shape index (κ1) is 14.2. The van der Waals surface area contributed by atoms with Gasteiger partial charge in [-0.3, -0.25) is 0 Å². The Balaban J connectivity index is 2.15. The molecule has 0 aliphatic rings. The maximum absolute atomic E-state index is 9.05. The van der Waals surface area contributed by atoms with Crippen molar-refractivity contribution in [2.75, 3.05) is 7.11 Å². The lowest BCUT2D eigenvalue weighted by Crippen LogP contribution is -1.98. The number of nitrogens with zero attached hydrogens (tertiary/aromatic N) is 1. The number of halogens is 1. The van der Waals surface area contributed by atoms with Crippen molar-refractivity contribution in [2.45, 2.75) is 13.5 Å². The van der Waals surface area contributed by atoms with Crippen LogP contribution in [0, 0.1) is 18.3 Å². The molecule has 3 nitrogen and oxygen atoms in total. The molecule has 0 fully saturated rings. The molecule has 0 amide bonds. The fourth-order valence-electron chi connectivity index (χ4n) is 1.82. The van der Waals surface area contributed by atoms with Gasteiger partial charge in [0.2, 0.25) is 0 Å². The molecule has 0 saturated carbocycles. The topological polar surface area (TPSA) is 42.2 Å². The van der Waals surface area contributed by atoms with Crippen LogP contribution in [0.5, 0.6) is 11.5 Å². The molecule has 4 heteroatoms. The minimum Gasteiger partial charge on any atom is -0.495 e. The number of nitriles is 1. The largest absolute Gasteiger partial charge is 0.495 e. The first-order valence-corrected chi connectivity index (χ1v) is 6.48. The summed E-state index contributed by atoms with van der Waals surface area (Å²) in [6.45, 7) is 2.33. The quantitative estimate of drug-likeness (QED) is 0.850. The zero-order valence-corrected chi connectivity index (χ0v) is 12.1. The second-order valence-electron chi connectivity index (χ2n) is 4.34. The van der Waals surface area contributed by atoms with Crippen molar-refractivity contribution in [3.05, 3.63) is 58.1 Å². The van der Waals surface area contributed by atoms with E-state index in [-0.39, 0.29) is 0 Å². The van der Waals surface area contributed by atoms with Crippen molar-refractivity contribution in [1.82, 2.24) is 0 Å². The predicted molar refractivity (Wildman–Crippen MR) is 78.2 cm³/mol. The first-order chi connectivity index (χ1) is 9.63. The summed E-state index contributed by atoms with van der Waals surface area (Å²) in [7, 11) is 1.54. The lowest BCUT2D eigenvalue weighted by molar-refractivity contribution is 0.304. The van der Waals surface area contributed by atoms with Crippen LogP contribution in [0.4, 0.5) is 0 Å². The molecule has 0 aliphatic heterocycles. The normalized spacial score (nSPS) is 9.90. The summed E-state index contributed by atoms with van der Waals surface area (Å²) in [5.74, 6) is 1.31. The zero-order valence-electron chi connectivity index (χ0n) is 11.3. The third-order valence-electron chi connectivity index (χ3n) is 2.93. The van der Waals surface area contributed by atoms with Gasteiger partial charge in [-0.25, -0.2) is 0 Å². The average molecular weight is 288 g/mol. The summed E-state index contributed by atoms with van der Waals surface area (Å²) >= 11 is 5.95. The van der Waals surface area contributed by atoms with E-state index in [1.165, 1.54) is 0 Å². The number of methoxy groups -OCH3 is 1. The second-order valence-corrected chi connectivity index (χ2v) is 4.78. The van der Waals surface area contributed by atoms with Gasteiger partial charge in [0.1, 0.15) is 24.2 Å². The molecule has 102 valence electrons. The highest BCUT2D eigenvalue weighted by Gasteiger charge is 2.05. The van der Waals surface area contributed by atoms with Crippen LogP contribution in [0.1, 0.15) is 16.7 Å². The fraction of sp³-hybridized carbons (Fsp3) is 0.188. The molecule has 0 spiro atoms. The van der Waals surface area contributed by atoms with E-state index >= 15 is 0 Å².